The highest BCUT2D eigenvalue weighted by atomic mass is 32.1. The van der Waals surface area contributed by atoms with Crippen molar-refractivity contribution in [3.05, 3.63) is 29.8 Å². The molecule has 31 heavy (non-hydrogen) atoms. The molecule has 0 aliphatic carbocycles. The molecule has 5 rings (SSSR count). The molecular weight excluding hydrogens is 414 g/mol. The molecule has 1 saturated heterocycles. The number of nitrogens with zero attached hydrogens (tertiary/aromatic N) is 4. The van der Waals surface area contributed by atoms with Gasteiger partial charge in [0.05, 0.1) is 17.0 Å². The highest BCUT2D eigenvalue weighted by Crippen LogP contribution is 2.41. The van der Waals surface area contributed by atoms with Gasteiger partial charge in [0.2, 0.25) is 0 Å². The number of hydrogen-bond acceptors (Lipinski definition) is 9. The van der Waals surface area contributed by atoms with Crippen molar-refractivity contribution >= 4 is 37.6 Å². The maximum atomic E-state index is 9.90. The van der Waals surface area contributed by atoms with Crippen LogP contribution in [0.15, 0.2) is 24.3 Å². The number of phenolic OH excluding ortho intramolecular Hbond substituents is 2. The first-order chi connectivity index (χ1) is 15.0. The summed E-state index contributed by atoms with van der Waals surface area (Å²) < 4.78 is 6.69. The molecule has 160 valence electrons. The fourth-order valence-corrected chi connectivity index (χ4v) is 5.11. The van der Waals surface area contributed by atoms with Crippen molar-refractivity contribution in [1.82, 2.24) is 20.3 Å². The van der Waals surface area contributed by atoms with Gasteiger partial charge in [-0.1, -0.05) is 0 Å². The van der Waals surface area contributed by atoms with Gasteiger partial charge in [-0.2, -0.15) is 9.97 Å². The Morgan fingerprint density at radius 2 is 1.90 bits per heavy atom. The lowest BCUT2D eigenvalue weighted by atomic mass is 10.1. The topological polar surface area (TPSA) is 104 Å². The molecule has 0 bridgehead atoms. The van der Waals surface area contributed by atoms with Gasteiger partial charge in [-0.05, 0) is 43.7 Å². The Kier molecular flexibility index (Phi) is 4.99. The Hall–Kier alpha value is -3.17. The molecule has 0 amide bonds. The third-order valence-electron chi connectivity index (χ3n) is 5.41. The minimum absolute atomic E-state index is 0.150. The Balaban J connectivity index is 1.72. The second kappa shape index (κ2) is 7.82. The number of ether oxygens (including phenoxy) is 1. The molecule has 9 heteroatoms. The summed E-state index contributed by atoms with van der Waals surface area (Å²) in [6, 6.07) is 7.10. The summed E-state index contributed by atoms with van der Waals surface area (Å²) >= 11 is 1.57. The van der Waals surface area contributed by atoms with Crippen molar-refractivity contribution in [1.29, 1.82) is 0 Å². The van der Waals surface area contributed by atoms with E-state index in [2.05, 4.69) is 10.2 Å². The van der Waals surface area contributed by atoms with E-state index >= 15 is 0 Å². The molecule has 0 atom stereocenters. The van der Waals surface area contributed by atoms with E-state index in [1.165, 1.54) is 12.1 Å². The predicted octanol–water partition coefficient (Wildman–Crippen LogP) is 3.43. The lowest BCUT2D eigenvalue weighted by Gasteiger charge is -2.28. The zero-order valence-electron chi connectivity index (χ0n) is 17.3. The summed E-state index contributed by atoms with van der Waals surface area (Å²) in [5.74, 6) is 0.575. The Morgan fingerprint density at radius 3 is 2.65 bits per heavy atom. The van der Waals surface area contributed by atoms with Crippen LogP contribution in [0.1, 0.15) is 12.5 Å². The van der Waals surface area contributed by atoms with E-state index in [4.69, 9.17) is 19.7 Å². The zero-order chi connectivity index (χ0) is 21.5. The predicted molar refractivity (Wildman–Crippen MR) is 122 cm³/mol. The van der Waals surface area contributed by atoms with Gasteiger partial charge in [-0.25, -0.2) is 4.98 Å². The molecule has 0 radical (unpaired) electrons. The molecule has 0 unspecified atom stereocenters. The van der Waals surface area contributed by atoms with E-state index in [0.717, 1.165) is 69.3 Å². The third kappa shape index (κ3) is 3.49. The van der Waals surface area contributed by atoms with Gasteiger partial charge >= 0.3 is 6.01 Å². The average molecular weight is 438 g/mol. The van der Waals surface area contributed by atoms with E-state index in [9.17, 15) is 10.2 Å². The largest absolute Gasteiger partial charge is 0.504 e. The van der Waals surface area contributed by atoms with E-state index in [0.29, 0.717) is 12.6 Å². The number of rotatable bonds is 4. The summed E-state index contributed by atoms with van der Waals surface area (Å²) in [5.41, 5.74) is 3.36. The van der Waals surface area contributed by atoms with Gasteiger partial charge in [-0.3, -0.25) is 0 Å². The number of piperazine rings is 1. The van der Waals surface area contributed by atoms with E-state index in [-0.39, 0.29) is 11.5 Å². The molecule has 0 spiro atoms. The van der Waals surface area contributed by atoms with Gasteiger partial charge in [0.1, 0.15) is 10.3 Å². The van der Waals surface area contributed by atoms with Crippen LogP contribution in [0.4, 0.5) is 5.82 Å². The van der Waals surface area contributed by atoms with Gasteiger partial charge < -0.3 is 25.2 Å². The third-order valence-corrected chi connectivity index (χ3v) is 6.48. The highest BCUT2D eigenvalue weighted by molar-refractivity contribution is 7.26. The molecule has 1 fully saturated rings. The monoisotopic (exact) mass is 437 g/mol. The normalized spacial score (nSPS) is 14.5. The summed E-state index contributed by atoms with van der Waals surface area (Å²) in [4.78, 5) is 17.4. The quantitative estimate of drug-likeness (QED) is 0.417. The number of aromatic nitrogens is 3. The van der Waals surface area contributed by atoms with Crippen molar-refractivity contribution in [3.8, 4) is 28.8 Å². The molecule has 1 aliphatic rings. The fourth-order valence-electron chi connectivity index (χ4n) is 3.90. The smallest absolute Gasteiger partial charge is 0.319 e. The fraction of sp³-hybridized carbons (Fsp3) is 0.318. The first-order valence-electron chi connectivity index (χ1n) is 10.3. The van der Waals surface area contributed by atoms with Gasteiger partial charge in [0, 0.05) is 37.1 Å². The summed E-state index contributed by atoms with van der Waals surface area (Å²) in [6.45, 7) is 8.02. The number of thiophene rings is 1. The van der Waals surface area contributed by atoms with Crippen LogP contribution in [0.5, 0.6) is 17.5 Å². The van der Waals surface area contributed by atoms with Crippen LogP contribution in [-0.4, -0.2) is 58.0 Å². The van der Waals surface area contributed by atoms with E-state index in [1.54, 1.807) is 17.4 Å². The number of anilines is 1. The highest BCUT2D eigenvalue weighted by Gasteiger charge is 2.22. The van der Waals surface area contributed by atoms with Crippen molar-refractivity contribution in [2.24, 2.45) is 0 Å². The maximum Gasteiger partial charge on any atom is 0.319 e. The van der Waals surface area contributed by atoms with Crippen molar-refractivity contribution < 1.29 is 14.9 Å². The molecule has 1 aromatic carbocycles. The first kappa shape index (κ1) is 19.8. The number of aromatic hydroxyl groups is 2. The molecule has 4 aromatic rings. The van der Waals surface area contributed by atoms with Crippen LogP contribution in [0.3, 0.4) is 0 Å². The Morgan fingerprint density at radius 1 is 1.10 bits per heavy atom. The number of aryl methyl sites for hydroxylation is 1. The van der Waals surface area contributed by atoms with Crippen LogP contribution in [0, 0.1) is 6.92 Å². The number of fused-ring (bicyclic) bond motifs is 3. The summed E-state index contributed by atoms with van der Waals surface area (Å²) in [6.07, 6.45) is 0. The van der Waals surface area contributed by atoms with Crippen LogP contribution in [0.25, 0.3) is 31.7 Å². The average Bonchev–Trinajstić information content (AvgIpc) is 3.15. The van der Waals surface area contributed by atoms with Crippen LogP contribution in [-0.2, 0) is 0 Å². The SMILES string of the molecule is CCOc1nc(N2CCNCC2)c2sc3nc(-c4ccc(O)c(O)c4)cc(C)c3c2n1. The minimum Gasteiger partial charge on any atom is -0.504 e. The van der Waals surface area contributed by atoms with Gasteiger partial charge in [0.25, 0.3) is 0 Å². The molecule has 1 aliphatic heterocycles. The zero-order valence-corrected chi connectivity index (χ0v) is 18.2. The molecule has 8 nitrogen and oxygen atoms in total. The van der Waals surface area contributed by atoms with Crippen LogP contribution >= 0.6 is 11.3 Å². The number of nitrogens with one attached hydrogen (secondary N) is 1. The maximum absolute atomic E-state index is 9.90. The van der Waals surface area contributed by atoms with Gasteiger partial charge in [0.15, 0.2) is 17.3 Å². The van der Waals surface area contributed by atoms with Crippen LogP contribution < -0.4 is 15.0 Å². The standard InChI is InChI=1S/C22H23N5O3S/c1-3-30-22-25-18-17-12(2)10-14(13-4-5-15(28)16(29)11-13)24-21(17)31-19(18)20(26-22)27-8-6-23-7-9-27/h4-5,10-11,23,28-29H,3,6-9H2,1-2H3. The number of benzene rings is 1. The van der Waals surface area contributed by atoms with Crippen LogP contribution in [0.2, 0.25) is 0 Å². The molecular formula is C22H23N5O3S. The van der Waals surface area contributed by atoms with E-state index < -0.39 is 0 Å². The lowest BCUT2D eigenvalue weighted by molar-refractivity contribution is 0.314. The van der Waals surface area contributed by atoms with E-state index in [1.807, 2.05) is 19.9 Å². The lowest BCUT2D eigenvalue weighted by Crippen LogP contribution is -2.44. The number of pyridine rings is 1. The summed E-state index contributed by atoms with van der Waals surface area (Å²) in [7, 11) is 0. The molecule has 3 aromatic heterocycles. The summed E-state index contributed by atoms with van der Waals surface area (Å²) in [5, 5.41) is 23.9. The van der Waals surface area contributed by atoms with Crippen molar-refractivity contribution in [2.45, 2.75) is 13.8 Å². The number of phenols is 2. The first-order valence-corrected chi connectivity index (χ1v) is 11.1. The Bertz CT molecular complexity index is 1280. The second-order valence-electron chi connectivity index (χ2n) is 7.49. The Labute approximate surface area is 183 Å². The van der Waals surface area contributed by atoms with Crippen molar-refractivity contribution in [2.75, 3.05) is 37.7 Å². The van der Waals surface area contributed by atoms with Gasteiger partial charge in [-0.15, -0.1) is 11.3 Å². The van der Waals surface area contributed by atoms with Crippen molar-refractivity contribution in [3.63, 3.8) is 0 Å². The molecule has 0 saturated carbocycles. The molecule has 3 N–H and O–H groups in total. The second-order valence-corrected chi connectivity index (χ2v) is 8.49. The number of hydrogen-bond donors (Lipinski definition) is 3. The molecule has 4 heterocycles. The minimum atomic E-state index is -0.165.